The molecular formula is C16H24N2O. The highest BCUT2D eigenvalue weighted by molar-refractivity contribution is 5.76. The molecule has 19 heavy (non-hydrogen) atoms. The number of hydrogen-bond donors (Lipinski definition) is 2. The standard InChI is InChI=1S/C16H24N2O/c1-12-7-8-15(11-13(12)2)17-10-9-16(19)18-14-5-3-4-6-14/h7-8,11,14,17H,3-6,9-10H2,1-2H3,(H,18,19). The van der Waals surface area contributed by atoms with Gasteiger partial charge in [0.1, 0.15) is 0 Å². The number of rotatable bonds is 5. The van der Waals surface area contributed by atoms with Gasteiger partial charge in [0.15, 0.2) is 0 Å². The second-order valence-corrected chi connectivity index (χ2v) is 5.52. The van der Waals surface area contributed by atoms with Crippen molar-refractivity contribution in [3.8, 4) is 0 Å². The summed E-state index contributed by atoms with van der Waals surface area (Å²) in [5, 5.41) is 6.41. The van der Waals surface area contributed by atoms with Gasteiger partial charge >= 0.3 is 0 Å². The fourth-order valence-corrected chi connectivity index (χ4v) is 2.54. The fraction of sp³-hybridized carbons (Fsp3) is 0.562. The molecule has 3 heteroatoms. The molecule has 0 heterocycles. The zero-order chi connectivity index (χ0) is 13.7. The number of hydrogen-bond acceptors (Lipinski definition) is 2. The zero-order valence-corrected chi connectivity index (χ0v) is 12.0. The van der Waals surface area contributed by atoms with E-state index in [0.29, 0.717) is 19.0 Å². The molecule has 2 rings (SSSR count). The SMILES string of the molecule is Cc1ccc(NCCC(=O)NC2CCCC2)cc1C. The van der Waals surface area contributed by atoms with Crippen LogP contribution < -0.4 is 10.6 Å². The summed E-state index contributed by atoms with van der Waals surface area (Å²) < 4.78 is 0. The number of amides is 1. The van der Waals surface area contributed by atoms with Crippen LogP contribution in [-0.4, -0.2) is 18.5 Å². The molecule has 3 nitrogen and oxygen atoms in total. The van der Waals surface area contributed by atoms with Crippen molar-refractivity contribution in [2.75, 3.05) is 11.9 Å². The molecule has 0 spiro atoms. The van der Waals surface area contributed by atoms with E-state index in [4.69, 9.17) is 0 Å². The molecule has 1 aliphatic rings. The third kappa shape index (κ3) is 4.27. The lowest BCUT2D eigenvalue weighted by Crippen LogP contribution is -2.33. The Morgan fingerprint density at radius 3 is 2.63 bits per heavy atom. The molecule has 0 aromatic heterocycles. The maximum atomic E-state index is 11.8. The number of carbonyl (C=O) groups is 1. The van der Waals surface area contributed by atoms with Gasteiger partial charge < -0.3 is 10.6 Å². The number of anilines is 1. The lowest BCUT2D eigenvalue weighted by atomic mass is 10.1. The van der Waals surface area contributed by atoms with Crippen molar-refractivity contribution in [2.45, 2.75) is 52.0 Å². The monoisotopic (exact) mass is 260 g/mol. The third-order valence-electron chi connectivity index (χ3n) is 3.91. The first-order valence-electron chi connectivity index (χ1n) is 7.25. The van der Waals surface area contributed by atoms with Gasteiger partial charge in [-0.15, -0.1) is 0 Å². The van der Waals surface area contributed by atoms with Crippen LogP contribution in [0.5, 0.6) is 0 Å². The number of aryl methyl sites for hydroxylation is 2. The highest BCUT2D eigenvalue weighted by atomic mass is 16.1. The van der Waals surface area contributed by atoms with Crippen molar-refractivity contribution in [3.63, 3.8) is 0 Å². The normalized spacial score (nSPS) is 15.5. The lowest BCUT2D eigenvalue weighted by Gasteiger charge is -2.12. The van der Waals surface area contributed by atoms with Crippen LogP contribution in [-0.2, 0) is 4.79 Å². The molecule has 0 bridgehead atoms. The van der Waals surface area contributed by atoms with Gasteiger partial charge in [0.25, 0.3) is 0 Å². The van der Waals surface area contributed by atoms with Gasteiger partial charge in [0.2, 0.25) is 5.91 Å². The Kier molecular flexibility index (Phi) is 4.83. The topological polar surface area (TPSA) is 41.1 Å². The zero-order valence-electron chi connectivity index (χ0n) is 12.0. The first-order chi connectivity index (χ1) is 9.15. The highest BCUT2D eigenvalue weighted by Gasteiger charge is 2.16. The summed E-state index contributed by atoms with van der Waals surface area (Å²) in [6, 6.07) is 6.73. The molecule has 1 amide bonds. The summed E-state index contributed by atoms with van der Waals surface area (Å²) in [5.74, 6) is 0.170. The van der Waals surface area contributed by atoms with Crippen molar-refractivity contribution in [3.05, 3.63) is 29.3 Å². The molecule has 1 aromatic rings. The Labute approximate surface area is 115 Å². The summed E-state index contributed by atoms with van der Waals surface area (Å²) in [4.78, 5) is 11.8. The number of nitrogens with one attached hydrogen (secondary N) is 2. The Morgan fingerprint density at radius 2 is 1.95 bits per heavy atom. The maximum Gasteiger partial charge on any atom is 0.221 e. The van der Waals surface area contributed by atoms with Gasteiger partial charge in [0.05, 0.1) is 0 Å². The van der Waals surface area contributed by atoms with Crippen LogP contribution in [0.15, 0.2) is 18.2 Å². The Hall–Kier alpha value is -1.51. The smallest absolute Gasteiger partial charge is 0.221 e. The minimum atomic E-state index is 0.170. The van der Waals surface area contributed by atoms with Gasteiger partial charge in [-0.25, -0.2) is 0 Å². The van der Waals surface area contributed by atoms with E-state index >= 15 is 0 Å². The predicted octanol–water partition coefficient (Wildman–Crippen LogP) is 3.16. The summed E-state index contributed by atoms with van der Waals surface area (Å²) >= 11 is 0. The van der Waals surface area contributed by atoms with Crippen molar-refractivity contribution in [2.24, 2.45) is 0 Å². The van der Waals surface area contributed by atoms with Crippen LogP contribution in [0.3, 0.4) is 0 Å². The Bertz CT molecular complexity index is 436. The molecule has 1 aliphatic carbocycles. The van der Waals surface area contributed by atoms with Gasteiger partial charge in [-0.05, 0) is 49.9 Å². The van der Waals surface area contributed by atoms with Crippen LogP contribution in [0.1, 0.15) is 43.2 Å². The first kappa shape index (κ1) is 13.9. The molecule has 104 valence electrons. The molecule has 0 unspecified atom stereocenters. The van der Waals surface area contributed by atoms with E-state index in [2.05, 4.69) is 42.7 Å². The second kappa shape index (κ2) is 6.60. The van der Waals surface area contributed by atoms with Crippen LogP contribution in [0.25, 0.3) is 0 Å². The molecule has 0 atom stereocenters. The molecule has 0 aliphatic heterocycles. The van der Waals surface area contributed by atoms with Gasteiger partial charge in [0, 0.05) is 24.7 Å². The lowest BCUT2D eigenvalue weighted by molar-refractivity contribution is -0.121. The molecule has 1 saturated carbocycles. The van der Waals surface area contributed by atoms with E-state index in [9.17, 15) is 4.79 Å². The minimum absolute atomic E-state index is 0.170. The van der Waals surface area contributed by atoms with E-state index in [1.165, 1.54) is 24.0 Å². The molecular weight excluding hydrogens is 236 g/mol. The second-order valence-electron chi connectivity index (χ2n) is 5.52. The van der Waals surface area contributed by atoms with Crippen LogP contribution >= 0.6 is 0 Å². The van der Waals surface area contributed by atoms with Crippen molar-refractivity contribution >= 4 is 11.6 Å². The van der Waals surface area contributed by atoms with E-state index in [-0.39, 0.29) is 5.91 Å². The molecule has 0 saturated heterocycles. The van der Waals surface area contributed by atoms with Crippen molar-refractivity contribution in [1.82, 2.24) is 5.32 Å². The summed E-state index contributed by atoms with van der Waals surface area (Å²) in [6.07, 6.45) is 5.35. The van der Waals surface area contributed by atoms with Gasteiger partial charge in [-0.2, -0.15) is 0 Å². The molecule has 0 radical (unpaired) electrons. The van der Waals surface area contributed by atoms with E-state index < -0.39 is 0 Å². The van der Waals surface area contributed by atoms with Crippen LogP contribution in [0.4, 0.5) is 5.69 Å². The Balaban J connectivity index is 1.70. The van der Waals surface area contributed by atoms with Crippen molar-refractivity contribution in [1.29, 1.82) is 0 Å². The van der Waals surface area contributed by atoms with Gasteiger partial charge in [-0.1, -0.05) is 18.9 Å². The summed E-state index contributed by atoms with van der Waals surface area (Å²) in [5.41, 5.74) is 3.67. The fourth-order valence-electron chi connectivity index (χ4n) is 2.54. The Morgan fingerprint density at radius 1 is 1.21 bits per heavy atom. The molecule has 1 aromatic carbocycles. The predicted molar refractivity (Wildman–Crippen MR) is 79.4 cm³/mol. The van der Waals surface area contributed by atoms with E-state index in [1.807, 2.05) is 0 Å². The van der Waals surface area contributed by atoms with Crippen LogP contribution in [0, 0.1) is 13.8 Å². The number of benzene rings is 1. The largest absolute Gasteiger partial charge is 0.385 e. The van der Waals surface area contributed by atoms with Crippen LogP contribution in [0.2, 0.25) is 0 Å². The summed E-state index contributed by atoms with van der Waals surface area (Å²) in [6.45, 7) is 4.91. The van der Waals surface area contributed by atoms with Crippen molar-refractivity contribution < 1.29 is 4.79 Å². The molecule has 2 N–H and O–H groups in total. The maximum absolute atomic E-state index is 11.8. The average molecular weight is 260 g/mol. The first-order valence-corrected chi connectivity index (χ1v) is 7.25. The average Bonchev–Trinajstić information content (AvgIpc) is 2.86. The number of carbonyl (C=O) groups excluding carboxylic acids is 1. The quantitative estimate of drug-likeness (QED) is 0.854. The third-order valence-corrected chi connectivity index (χ3v) is 3.91. The van der Waals surface area contributed by atoms with Gasteiger partial charge in [-0.3, -0.25) is 4.79 Å². The summed E-state index contributed by atoms with van der Waals surface area (Å²) in [7, 11) is 0. The minimum Gasteiger partial charge on any atom is -0.385 e. The van der Waals surface area contributed by atoms with E-state index in [1.54, 1.807) is 0 Å². The molecule has 1 fully saturated rings. The highest BCUT2D eigenvalue weighted by Crippen LogP contribution is 2.17. The van der Waals surface area contributed by atoms with E-state index in [0.717, 1.165) is 18.5 Å².